The van der Waals surface area contributed by atoms with E-state index in [0.29, 0.717) is 17.0 Å². The Morgan fingerprint density at radius 1 is 1.14 bits per heavy atom. The first-order valence-corrected chi connectivity index (χ1v) is 8.48. The zero-order valence-electron chi connectivity index (χ0n) is 15.0. The number of hydrogen-bond donors (Lipinski definition) is 1. The van der Waals surface area contributed by atoms with Gasteiger partial charge in [0.25, 0.3) is 0 Å². The van der Waals surface area contributed by atoms with Crippen molar-refractivity contribution in [2.24, 2.45) is 5.10 Å². The number of aromatic nitrogens is 4. The van der Waals surface area contributed by atoms with Crippen LogP contribution in [-0.2, 0) is 4.74 Å². The van der Waals surface area contributed by atoms with Crippen LogP contribution in [0.4, 0.5) is 5.82 Å². The van der Waals surface area contributed by atoms with Crippen molar-refractivity contribution < 1.29 is 9.53 Å². The van der Waals surface area contributed by atoms with Crippen LogP contribution < -0.4 is 5.43 Å². The second kappa shape index (κ2) is 7.67. The summed E-state index contributed by atoms with van der Waals surface area (Å²) in [6.07, 6.45) is 4.75. The summed E-state index contributed by atoms with van der Waals surface area (Å²) < 4.78 is 6.47. The van der Waals surface area contributed by atoms with Crippen molar-refractivity contribution in [3.05, 3.63) is 78.2 Å². The van der Waals surface area contributed by atoms with Crippen LogP contribution in [0.5, 0.6) is 0 Å². The van der Waals surface area contributed by atoms with E-state index >= 15 is 0 Å². The highest BCUT2D eigenvalue weighted by Gasteiger charge is 2.10. The van der Waals surface area contributed by atoms with Gasteiger partial charge in [-0.25, -0.2) is 19.4 Å². The topological polar surface area (TPSA) is 94.3 Å². The number of rotatable bonds is 5. The minimum absolute atomic E-state index is 0.394. The van der Waals surface area contributed by atoms with Crippen molar-refractivity contribution in [1.82, 2.24) is 19.7 Å². The molecule has 138 valence electrons. The largest absolute Gasteiger partial charge is 0.465 e. The van der Waals surface area contributed by atoms with Gasteiger partial charge >= 0.3 is 5.97 Å². The highest BCUT2D eigenvalue weighted by Crippen LogP contribution is 2.21. The predicted octanol–water partition coefficient (Wildman–Crippen LogP) is 3.05. The van der Waals surface area contributed by atoms with Crippen LogP contribution in [0, 0.1) is 0 Å². The Morgan fingerprint density at radius 3 is 2.82 bits per heavy atom. The standard InChI is InChI=1S/C20H16N6O2/c1-28-20(27)15-7-5-6-14(10-15)11-23-25-18-17-12-24-26(19(17)22-13-21-18)16-8-3-2-4-9-16/h2-13H,1H3,(H,21,22,25)/b23-11+. The molecular formula is C20H16N6O2. The molecule has 0 bridgehead atoms. The number of anilines is 1. The Labute approximate surface area is 160 Å². The molecule has 2 aromatic carbocycles. The zero-order valence-corrected chi connectivity index (χ0v) is 15.0. The molecule has 0 aliphatic heterocycles. The van der Waals surface area contributed by atoms with Gasteiger partial charge in [0.15, 0.2) is 11.5 Å². The van der Waals surface area contributed by atoms with Crippen molar-refractivity contribution >= 4 is 29.0 Å². The fourth-order valence-corrected chi connectivity index (χ4v) is 2.72. The van der Waals surface area contributed by atoms with Gasteiger partial charge in [0.05, 0.1) is 36.2 Å². The normalized spacial score (nSPS) is 11.0. The van der Waals surface area contributed by atoms with Crippen LogP contribution in [0.15, 0.2) is 72.2 Å². The van der Waals surface area contributed by atoms with E-state index in [4.69, 9.17) is 4.74 Å². The molecule has 28 heavy (non-hydrogen) atoms. The van der Waals surface area contributed by atoms with Gasteiger partial charge in [0.2, 0.25) is 0 Å². The summed E-state index contributed by atoms with van der Waals surface area (Å²) >= 11 is 0. The number of nitrogens with zero attached hydrogens (tertiary/aromatic N) is 5. The number of ether oxygens (including phenoxy) is 1. The number of fused-ring (bicyclic) bond motifs is 1. The lowest BCUT2D eigenvalue weighted by Gasteiger charge is -2.04. The number of carbonyl (C=O) groups is 1. The lowest BCUT2D eigenvalue weighted by molar-refractivity contribution is 0.0600. The van der Waals surface area contributed by atoms with Gasteiger partial charge in [-0.2, -0.15) is 10.2 Å². The van der Waals surface area contributed by atoms with E-state index in [2.05, 4.69) is 25.6 Å². The van der Waals surface area contributed by atoms with Crippen molar-refractivity contribution in [3.63, 3.8) is 0 Å². The van der Waals surface area contributed by atoms with E-state index < -0.39 is 5.97 Å². The molecule has 0 spiro atoms. The van der Waals surface area contributed by atoms with Crippen molar-refractivity contribution in [2.45, 2.75) is 0 Å². The molecule has 2 aromatic heterocycles. The molecular weight excluding hydrogens is 356 g/mol. The molecule has 0 saturated heterocycles. The highest BCUT2D eigenvalue weighted by atomic mass is 16.5. The van der Waals surface area contributed by atoms with Gasteiger partial charge in [-0.1, -0.05) is 30.3 Å². The fourth-order valence-electron chi connectivity index (χ4n) is 2.72. The molecule has 0 unspecified atom stereocenters. The molecule has 0 radical (unpaired) electrons. The molecule has 0 aliphatic rings. The summed E-state index contributed by atoms with van der Waals surface area (Å²) in [5.41, 5.74) is 5.70. The highest BCUT2D eigenvalue weighted by molar-refractivity contribution is 5.92. The van der Waals surface area contributed by atoms with E-state index in [-0.39, 0.29) is 0 Å². The maximum absolute atomic E-state index is 11.6. The maximum Gasteiger partial charge on any atom is 0.337 e. The molecule has 0 fully saturated rings. The number of methoxy groups -OCH3 is 1. The smallest absolute Gasteiger partial charge is 0.337 e. The van der Waals surface area contributed by atoms with Crippen molar-refractivity contribution in [1.29, 1.82) is 0 Å². The van der Waals surface area contributed by atoms with Crippen LogP contribution in [0.25, 0.3) is 16.7 Å². The van der Waals surface area contributed by atoms with Crippen LogP contribution in [-0.4, -0.2) is 39.0 Å². The van der Waals surface area contributed by atoms with Gasteiger partial charge < -0.3 is 4.74 Å². The molecule has 2 heterocycles. The van der Waals surface area contributed by atoms with Crippen LogP contribution >= 0.6 is 0 Å². The third-order valence-electron chi connectivity index (χ3n) is 4.06. The monoisotopic (exact) mass is 372 g/mol. The summed E-state index contributed by atoms with van der Waals surface area (Å²) in [6.45, 7) is 0. The van der Waals surface area contributed by atoms with E-state index in [1.165, 1.54) is 13.4 Å². The summed E-state index contributed by atoms with van der Waals surface area (Å²) in [4.78, 5) is 20.2. The third-order valence-corrected chi connectivity index (χ3v) is 4.06. The summed E-state index contributed by atoms with van der Waals surface area (Å²) in [7, 11) is 1.35. The molecule has 0 amide bonds. The van der Waals surface area contributed by atoms with Crippen molar-refractivity contribution in [2.75, 3.05) is 12.5 Å². The summed E-state index contributed by atoms with van der Waals surface area (Å²) in [5.74, 6) is 0.140. The Balaban J connectivity index is 1.58. The molecule has 1 N–H and O–H groups in total. The Morgan fingerprint density at radius 2 is 2.00 bits per heavy atom. The van der Waals surface area contributed by atoms with Gasteiger partial charge in [-0.15, -0.1) is 0 Å². The van der Waals surface area contributed by atoms with Gasteiger partial charge in [-0.05, 0) is 29.8 Å². The molecule has 8 heteroatoms. The molecule has 0 atom stereocenters. The summed E-state index contributed by atoms with van der Waals surface area (Å²) in [6, 6.07) is 16.7. The first-order chi connectivity index (χ1) is 13.8. The van der Waals surface area contributed by atoms with E-state index in [1.807, 2.05) is 36.4 Å². The fraction of sp³-hybridized carbons (Fsp3) is 0.0500. The molecule has 0 aliphatic carbocycles. The quantitative estimate of drug-likeness (QED) is 0.329. The zero-order chi connectivity index (χ0) is 19.3. The van der Waals surface area contributed by atoms with E-state index in [9.17, 15) is 4.79 Å². The third kappa shape index (κ3) is 3.43. The number of hydrazone groups is 1. The number of benzene rings is 2. The molecule has 4 aromatic rings. The van der Waals surface area contributed by atoms with Crippen LogP contribution in [0.2, 0.25) is 0 Å². The minimum atomic E-state index is -0.394. The number of para-hydroxylation sites is 1. The average molecular weight is 372 g/mol. The Bertz CT molecular complexity index is 1150. The Kier molecular flexibility index (Phi) is 4.75. The SMILES string of the molecule is COC(=O)c1cccc(/C=N/Nc2ncnc3c2cnn3-c2ccccc2)c1. The average Bonchev–Trinajstić information content (AvgIpc) is 3.19. The Hall–Kier alpha value is -4.07. The second-order valence-corrected chi connectivity index (χ2v) is 5.84. The van der Waals surface area contributed by atoms with Gasteiger partial charge in [-0.3, -0.25) is 5.43 Å². The van der Waals surface area contributed by atoms with Gasteiger partial charge in [0, 0.05) is 0 Å². The van der Waals surface area contributed by atoms with Crippen LogP contribution in [0.3, 0.4) is 0 Å². The predicted molar refractivity (Wildman–Crippen MR) is 106 cm³/mol. The lowest BCUT2D eigenvalue weighted by atomic mass is 10.1. The number of nitrogens with one attached hydrogen (secondary N) is 1. The number of hydrogen-bond acceptors (Lipinski definition) is 7. The van der Waals surface area contributed by atoms with E-state index in [0.717, 1.165) is 16.6 Å². The first kappa shape index (κ1) is 17.3. The van der Waals surface area contributed by atoms with Crippen LogP contribution in [0.1, 0.15) is 15.9 Å². The number of esters is 1. The minimum Gasteiger partial charge on any atom is -0.465 e. The maximum atomic E-state index is 11.6. The first-order valence-electron chi connectivity index (χ1n) is 8.48. The lowest BCUT2D eigenvalue weighted by Crippen LogP contribution is -2.02. The van der Waals surface area contributed by atoms with Crippen molar-refractivity contribution in [3.8, 4) is 5.69 Å². The molecule has 4 rings (SSSR count). The molecule has 0 saturated carbocycles. The molecule has 8 nitrogen and oxygen atoms in total. The second-order valence-electron chi connectivity index (χ2n) is 5.84. The summed E-state index contributed by atoms with van der Waals surface area (Å²) in [5, 5.41) is 9.36. The van der Waals surface area contributed by atoms with E-state index in [1.54, 1.807) is 35.3 Å². The van der Waals surface area contributed by atoms with Gasteiger partial charge in [0.1, 0.15) is 6.33 Å². The number of carbonyl (C=O) groups excluding carboxylic acids is 1.